The Balaban J connectivity index is 1.56. The Kier molecular flexibility index (Phi) is 6.68. The molecule has 0 aromatic heterocycles. The molecule has 2 amide bonds. The van der Waals surface area contributed by atoms with Crippen LogP contribution in [0, 0.1) is 5.92 Å². The molecule has 0 bridgehead atoms. The molecule has 0 aliphatic carbocycles. The highest BCUT2D eigenvalue weighted by Crippen LogP contribution is 2.26. The van der Waals surface area contributed by atoms with Crippen molar-refractivity contribution in [3.05, 3.63) is 101 Å². The van der Waals surface area contributed by atoms with Crippen molar-refractivity contribution in [2.45, 2.75) is 39.3 Å². The van der Waals surface area contributed by atoms with E-state index >= 15 is 0 Å². The Morgan fingerprint density at radius 1 is 0.879 bits per heavy atom. The zero-order chi connectivity index (χ0) is 23.4. The molecule has 1 heterocycles. The number of rotatable bonds is 6. The Morgan fingerprint density at radius 2 is 1.55 bits per heavy atom. The summed E-state index contributed by atoms with van der Waals surface area (Å²) < 4.78 is 0. The molecule has 3 aromatic carbocycles. The molecule has 0 fully saturated rings. The van der Waals surface area contributed by atoms with Crippen LogP contribution in [0.1, 0.15) is 47.3 Å². The van der Waals surface area contributed by atoms with Crippen LogP contribution in [0.4, 0.5) is 5.69 Å². The summed E-state index contributed by atoms with van der Waals surface area (Å²) in [5.74, 6) is -0.162. The van der Waals surface area contributed by atoms with Gasteiger partial charge in [-0.3, -0.25) is 14.4 Å². The Labute approximate surface area is 194 Å². The van der Waals surface area contributed by atoms with E-state index in [2.05, 4.69) is 5.32 Å². The molecule has 1 aliphatic rings. The van der Waals surface area contributed by atoms with Crippen molar-refractivity contribution in [2.24, 2.45) is 5.92 Å². The topological polar surface area (TPSA) is 66.5 Å². The number of ketones is 1. The average Bonchev–Trinajstić information content (AvgIpc) is 2.83. The number of benzene rings is 3. The van der Waals surface area contributed by atoms with Crippen LogP contribution in [-0.2, 0) is 22.6 Å². The van der Waals surface area contributed by atoms with E-state index in [1.54, 1.807) is 41.3 Å². The monoisotopic (exact) mass is 440 g/mol. The van der Waals surface area contributed by atoms with Gasteiger partial charge in [-0.15, -0.1) is 0 Å². The standard InChI is InChI=1S/C28H28N2O3/c1-19(2)15-26(31)30-18-23-12-7-6-11-21(23)17-25(30)28(33)29-24-14-8-13-22(16-24)27(32)20-9-4-3-5-10-20/h3-14,16,19,25H,15,17-18H2,1-2H3,(H,29,33). The van der Waals surface area contributed by atoms with E-state index in [1.807, 2.05) is 56.3 Å². The minimum atomic E-state index is -0.598. The van der Waals surface area contributed by atoms with Gasteiger partial charge in [0, 0.05) is 36.2 Å². The number of carbonyl (C=O) groups excluding carboxylic acids is 3. The van der Waals surface area contributed by atoms with Crippen molar-refractivity contribution < 1.29 is 14.4 Å². The fourth-order valence-electron chi connectivity index (χ4n) is 4.21. The molecule has 4 rings (SSSR count). The van der Waals surface area contributed by atoms with E-state index in [4.69, 9.17) is 0 Å². The van der Waals surface area contributed by atoms with E-state index in [1.165, 1.54) is 0 Å². The third kappa shape index (κ3) is 5.20. The Morgan fingerprint density at radius 3 is 2.27 bits per heavy atom. The fraction of sp³-hybridized carbons (Fsp3) is 0.250. The third-order valence-electron chi connectivity index (χ3n) is 5.88. The first-order chi connectivity index (χ1) is 15.9. The van der Waals surface area contributed by atoms with E-state index in [9.17, 15) is 14.4 Å². The number of carbonyl (C=O) groups is 3. The van der Waals surface area contributed by atoms with Crippen molar-refractivity contribution in [1.29, 1.82) is 0 Å². The quantitative estimate of drug-likeness (QED) is 0.557. The Bertz CT molecular complexity index is 1170. The van der Waals surface area contributed by atoms with E-state index < -0.39 is 6.04 Å². The smallest absolute Gasteiger partial charge is 0.247 e. The second-order valence-electron chi connectivity index (χ2n) is 8.87. The van der Waals surface area contributed by atoms with Crippen LogP contribution in [-0.4, -0.2) is 28.5 Å². The van der Waals surface area contributed by atoms with Crippen molar-refractivity contribution in [2.75, 3.05) is 5.32 Å². The highest BCUT2D eigenvalue weighted by Gasteiger charge is 2.34. The lowest BCUT2D eigenvalue weighted by Crippen LogP contribution is -2.50. The lowest BCUT2D eigenvalue weighted by molar-refractivity contribution is -0.140. The first-order valence-electron chi connectivity index (χ1n) is 11.3. The second-order valence-corrected chi connectivity index (χ2v) is 8.87. The Hall–Kier alpha value is -3.73. The van der Waals surface area contributed by atoms with Gasteiger partial charge >= 0.3 is 0 Å². The van der Waals surface area contributed by atoms with Crippen molar-refractivity contribution >= 4 is 23.3 Å². The van der Waals surface area contributed by atoms with Crippen LogP contribution in [0.2, 0.25) is 0 Å². The van der Waals surface area contributed by atoms with Crippen molar-refractivity contribution in [3.8, 4) is 0 Å². The summed E-state index contributed by atoms with van der Waals surface area (Å²) in [6, 6.07) is 23.3. The van der Waals surface area contributed by atoms with E-state index in [0.29, 0.717) is 36.2 Å². The molecule has 0 saturated heterocycles. The van der Waals surface area contributed by atoms with Crippen LogP contribution in [0.5, 0.6) is 0 Å². The lowest BCUT2D eigenvalue weighted by atomic mass is 9.92. The molecular formula is C28H28N2O3. The molecule has 168 valence electrons. The van der Waals surface area contributed by atoms with Crippen molar-refractivity contribution in [1.82, 2.24) is 4.90 Å². The molecule has 3 aromatic rings. The highest BCUT2D eigenvalue weighted by atomic mass is 16.2. The summed E-state index contributed by atoms with van der Waals surface area (Å²) in [7, 11) is 0. The summed E-state index contributed by atoms with van der Waals surface area (Å²) in [5.41, 5.74) is 3.79. The van der Waals surface area contributed by atoms with Gasteiger partial charge in [-0.05, 0) is 29.2 Å². The van der Waals surface area contributed by atoms with E-state index in [-0.39, 0.29) is 23.5 Å². The maximum atomic E-state index is 13.3. The molecule has 5 heteroatoms. The zero-order valence-electron chi connectivity index (χ0n) is 19.0. The first kappa shape index (κ1) is 22.5. The number of nitrogens with zero attached hydrogens (tertiary/aromatic N) is 1. The number of fused-ring (bicyclic) bond motifs is 1. The number of amides is 2. The van der Waals surface area contributed by atoms with Gasteiger partial charge < -0.3 is 10.2 Å². The molecule has 5 nitrogen and oxygen atoms in total. The van der Waals surface area contributed by atoms with Crippen molar-refractivity contribution in [3.63, 3.8) is 0 Å². The number of nitrogens with one attached hydrogen (secondary N) is 1. The molecule has 1 N–H and O–H groups in total. The molecule has 1 atom stereocenters. The largest absolute Gasteiger partial charge is 0.326 e. The maximum absolute atomic E-state index is 13.3. The summed E-state index contributed by atoms with van der Waals surface area (Å²) in [6.07, 6.45) is 0.863. The number of anilines is 1. The lowest BCUT2D eigenvalue weighted by Gasteiger charge is -2.36. The summed E-state index contributed by atoms with van der Waals surface area (Å²) in [4.78, 5) is 40.8. The van der Waals surface area contributed by atoms with Crippen LogP contribution >= 0.6 is 0 Å². The highest BCUT2D eigenvalue weighted by molar-refractivity contribution is 6.10. The number of hydrogen-bond donors (Lipinski definition) is 1. The van der Waals surface area contributed by atoms with Crippen LogP contribution in [0.3, 0.4) is 0 Å². The average molecular weight is 441 g/mol. The minimum absolute atomic E-state index is 0.0207. The predicted octanol–water partition coefficient (Wildman–Crippen LogP) is 4.86. The normalized spacial score (nSPS) is 15.1. The van der Waals surface area contributed by atoms with Crippen LogP contribution in [0.25, 0.3) is 0 Å². The fourth-order valence-corrected chi connectivity index (χ4v) is 4.21. The number of hydrogen-bond acceptors (Lipinski definition) is 3. The molecule has 0 radical (unpaired) electrons. The molecule has 0 saturated carbocycles. The molecule has 1 aliphatic heterocycles. The first-order valence-corrected chi connectivity index (χ1v) is 11.3. The maximum Gasteiger partial charge on any atom is 0.247 e. The van der Waals surface area contributed by atoms with Gasteiger partial charge in [0.1, 0.15) is 6.04 Å². The van der Waals surface area contributed by atoms with Gasteiger partial charge in [-0.2, -0.15) is 0 Å². The zero-order valence-corrected chi connectivity index (χ0v) is 19.0. The van der Waals surface area contributed by atoms with Gasteiger partial charge in [0.25, 0.3) is 0 Å². The molecule has 1 unspecified atom stereocenters. The van der Waals surface area contributed by atoms with E-state index in [0.717, 1.165) is 11.1 Å². The van der Waals surface area contributed by atoms with Gasteiger partial charge in [0.05, 0.1) is 0 Å². The SMILES string of the molecule is CC(C)CC(=O)N1Cc2ccccc2CC1C(=O)Nc1cccc(C(=O)c2ccccc2)c1. The predicted molar refractivity (Wildman–Crippen MR) is 129 cm³/mol. The molecule has 33 heavy (non-hydrogen) atoms. The van der Waals surface area contributed by atoms with Gasteiger partial charge in [0.2, 0.25) is 11.8 Å². The summed E-state index contributed by atoms with van der Waals surface area (Å²) in [5, 5.41) is 2.94. The van der Waals surface area contributed by atoms with Gasteiger partial charge in [-0.25, -0.2) is 0 Å². The summed E-state index contributed by atoms with van der Waals surface area (Å²) in [6.45, 7) is 4.42. The summed E-state index contributed by atoms with van der Waals surface area (Å²) >= 11 is 0. The van der Waals surface area contributed by atoms with Gasteiger partial charge in [-0.1, -0.05) is 80.6 Å². The minimum Gasteiger partial charge on any atom is -0.326 e. The molecular weight excluding hydrogens is 412 g/mol. The van der Waals surface area contributed by atoms with Gasteiger partial charge in [0.15, 0.2) is 5.78 Å². The second kappa shape index (κ2) is 9.82. The third-order valence-corrected chi connectivity index (χ3v) is 5.88. The van der Waals surface area contributed by atoms with Crippen LogP contribution in [0.15, 0.2) is 78.9 Å². The molecule has 0 spiro atoms. The van der Waals surface area contributed by atoms with Crippen LogP contribution < -0.4 is 5.32 Å².